The van der Waals surface area contributed by atoms with Crippen LogP contribution in [0.25, 0.3) is 0 Å². The van der Waals surface area contributed by atoms with Crippen molar-refractivity contribution in [2.75, 3.05) is 6.61 Å². The molecule has 1 heterocycles. The van der Waals surface area contributed by atoms with Crippen LogP contribution in [-0.2, 0) is 4.74 Å². The summed E-state index contributed by atoms with van der Waals surface area (Å²) < 4.78 is 53.3. The minimum Gasteiger partial charge on any atom is -0.456 e. The highest BCUT2D eigenvalue weighted by molar-refractivity contribution is 5.95. The van der Waals surface area contributed by atoms with E-state index in [1.807, 2.05) is 0 Å². The van der Waals surface area contributed by atoms with Crippen molar-refractivity contribution in [2.24, 2.45) is 0 Å². The molecule has 0 spiro atoms. The van der Waals surface area contributed by atoms with E-state index in [-0.39, 0.29) is 0 Å². The maximum Gasteiger partial charge on any atom is 0.254 e. The van der Waals surface area contributed by atoms with Crippen LogP contribution in [0.4, 0.5) is 13.2 Å². The molecule has 1 amide bonds. The van der Waals surface area contributed by atoms with Crippen LogP contribution < -0.4 is 10.1 Å². The molecular formula is C21H22F3NO7. The topological polar surface area (TPSA) is 128 Å². The SMILES string of the molecule is CC(NC(=O)c1cc(F)c(F)c(O[C@@H]2OC(CO)C(O)C(O)C2O)c1F)c1ccccc1. The van der Waals surface area contributed by atoms with E-state index in [0.717, 1.165) is 0 Å². The van der Waals surface area contributed by atoms with Crippen LogP contribution in [-0.4, -0.2) is 63.6 Å². The summed E-state index contributed by atoms with van der Waals surface area (Å²) in [6, 6.07) is 8.39. The van der Waals surface area contributed by atoms with E-state index in [9.17, 15) is 38.4 Å². The van der Waals surface area contributed by atoms with Gasteiger partial charge in [-0.1, -0.05) is 30.3 Å². The van der Waals surface area contributed by atoms with Crippen molar-refractivity contribution in [3.8, 4) is 5.75 Å². The van der Waals surface area contributed by atoms with Gasteiger partial charge in [0.1, 0.15) is 24.4 Å². The number of carbonyl (C=O) groups is 1. The molecule has 1 aliphatic heterocycles. The van der Waals surface area contributed by atoms with Gasteiger partial charge < -0.3 is 35.2 Å². The van der Waals surface area contributed by atoms with Crippen LogP contribution in [0.5, 0.6) is 5.75 Å². The predicted octanol–water partition coefficient (Wildman–Crippen LogP) is 0.774. The highest BCUT2D eigenvalue weighted by Gasteiger charge is 2.45. The Morgan fingerprint density at radius 2 is 1.75 bits per heavy atom. The molecule has 0 bridgehead atoms. The number of rotatable bonds is 6. The lowest BCUT2D eigenvalue weighted by molar-refractivity contribution is -0.278. The van der Waals surface area contributed by atoms with Crippen LogP contribution >= 0.6 is 0 Å². The molecule has 1 aliphatic rings. The number of hydrogen-bond acceptors (Lipinski definition) is 7. The lowest BCUT2D eigenvalue weighted by Crippen LogP contribution is -2.60. The number of nitrogens with one attached hydrogen (secondary N) is 1. The number of hydrogen-bond donors (Lipinski definition) is 5. The summed E-state index contributed by atoms with van der Waals surface area (Å²) >= 11 is 0. The monoisotopic (exact) mass is 457 g/mol. The second kappa shape index (κ2) is 9.84. The summed E-state index contributed by atoms with van der Waals surface area (Å²) in [6.45, 7) is 0.792. The number of aliphatic hydroxyl groups excluding tert-OH is 4. The molecule has 11 heteroatoms. The quantitative estimate of drug-likeness (QED) is 0.406. The summed E-state index contributed by atoms with van der Waals surface area (Å²) in [6.07, 6.45) is -9.02. The Morgan fingerprint density at radius 3 is 2.38 bits per heavy atom. The Kier molecular flexibility index (Phi) is 7.36. The van der Waals surface area contributed by atoms with Crippen molar-refractivity contribution in [3.05, 3.63) is 65.0 Å². The standard InChI is InChI=1S/C21H22F3NO7/c1-9(10-5-3-2-4-6-10)25-20(30)11-7-12(22)15(24)19(14(11)23)32-21-18(29)17(28)16(27)13(8-26)31-21/h2-7,9,13,16-18,21,26-29H,8H2,1H3,(H,25,30)/t9?,13?,16?,17?,18?,21-/m0/s1. The fourth-order valence-corrected chi connectivity index (χ4v) is 3.23. The van der Waals surface area contributed by atoms with Gasteiger partial charge >= 0.3 is 0 Å². The van der Waals surface area contributed by atoms with Crippen molar-refractivity contribution < 1.29 is 47.9 Å². The number of ether oxygens (including phenoxy) is 2. The molecular weight excluding hydrogens is 435 g/mol. The largest absolute Gasteiger partial charge is 0.456 e. The first-order valence-electron chi connectivity index (χ1n) is 9.66. The van der Waals surface area contributed by atoms with Gasteiger partial charge in [0.25, 0.3) is 5.91 Å². The van der Waals surface area contributed by atoms with Crippen molar-refractivity contribution in [2.45, 2.75) is 43.7 Å². The van der Waals surface area contributed by atoms with Gasteiger partial charge in [0.05, 0.1) is 18.2 Å². The Morgan fingerprint density at radius 1 is 1.09 bits per heavy atom. The Balaban J connectivity index is 1.87. The van der Waals surface area contributed by atoms with Gasteiger partial charge in [-0.2, -0.15) is 4.39 Å². The molecule has 5 unspecified atom stereocenters. The highest BCUT2D eigenvalue weighted by atomic mass is 19.2. The maximum absolute atomic E-state index is 15.0. The zero-order valence-electron chi connectivity index (χ0n) is 16.8. The average molecular weight is 457 g/mol. The van der Waals surface area contributed by atoms with E-state index in [0.29, 0.717) is 11.6 Å². The fraction of sp³-hybridized carbons (Fsp3) is 0.381. The lowest BCUT2D eigenvalue weighted by Gasteiger charge is -2.39. The molecule has 0 saturated carbocycles. The van der Waals surface area contributed by atoms with Gasteiger partial charge in [-0.15, -0.1) is 0 Å². The zero-order chi connectivity index (χ0) is 23.6. The molecule has 0 radical (unpaired) electrons. The number of carbonyl (C=O) groups excluding carboxylic acids is 1. The predicted molar refractivity (Wildman–Crippen MR) is 103 cm³/mol. The Hall–Kier alpha value is -2.70. The summed E-state index contributed by atoms with van der Waals surface area (Å²) in [5, 5.41) is 41.2. The third-order valence-electron chi connectivity index (χ3n) is 5.09. The van der Waals surface area contributed by atoms with Gasteiger partial charge in [-0.05, 0) is 18.6 Å². The molecule has 32 heavy (non-hydrogen) atoms. The molecule has 1 saturated heterocycles. The van der Waals surface area contributed by atoms with E-state index >= 15 is 0 Å². The van der Waals surface area contributed by atoms with Crippen LogP contribution in [0.1, 0.15) is 28.9 Å². The van der Waals surface area contributed by atoms with Crippen molar-refractivity contribution in [3.63, 3.8) is 0 Å². The minimum atomic E-state index is -2.00. The molecule has 6 atom stereocenters. The molecule has 0 aliphatic carbocycles. The van der Waals surface area contributed by atoms with Gasteiger partial charge in [0.15, 0.2) is 17.4 Å². The van der Waals surface area contributed by atoms with Crippen LogP contribution in [0.3, 0.4) is 0 Å². The zero-order valence-corrected chi connectivity index (χ0v) is 16.8. The van der Waals surface area contributed by atoms with Crippen molar-refractivity contribution in [1.29, 1.82) is 0 Å². The Bertz CT molecular complexity index is 960. The molecule has 174 valence electrons. The average Bonchev–Trinajstić information content (AvgIpc) is 2.79. The van der Waals surface area contributed by atoms with Gasteiger partial charge in [0, 0.05) is 0 Å². The van der Waals surface area contributed by atoms with E-state index in [2.05, 4.69) is 5.32 Å². The number of halogens is 3. The fourth-order valence-electron chi connectivity index (χ4n) is 3.23. The van der Waals surface area contributed by atoms with Crippen LogP contribution in [0, 0.1) is 17.5 Å². The Labute approximate surface area is 180 Å². The molecule has 3 rings (SSSR count). The van der Waals surface area contributed by atoms with Crippen molar-refractivity contribution >= 4 is 5.91 Å². The molecule has 2 aromatic rings. The molecule has 0 aromatic heterocycles. The van der Waals surface area contributed by atoms with Crippen molar-refractivity contribution in [1.82, 2.24) is 5.32 Å². The second-order valence-corrected chi connectivity index (χ2v) is 7.28. The van der Waals surface area contributed by atoms with Gasteiger partial charge in [-0.25, -0.2) is 8.78 Å². The number of amides is 1. The summed E-state index contributed by atoms with van der Waals surface area (Å²) in [5.41, 5.74) is -0.187. The second-order valence-electron chi connectivity index (χ2n) is 7.28. The van der Waals surface area contributed by atoms with Gasteiger partial charge in [-0.3, -0.25) is 4.79 Å². The molecule has 8 nitrogen and oxygen atoms in total. The van der Waals surface area contributed by atoms with E-state index in [1.54, 1.807) is 37.3 Å². The summed E-state index contributed by atoms with van der Waals surface area (Å²) in [4.78, 5) is 12.5. The number of benzene rings is 2. The third kappa shape index (κ3) is 4.71. The van der Waals surface area contributed by atoms with Crippen LogP contribution in [0.2, 0.25) is 0 Å². The maximum atomic E-state index is 15.0. The first-order chi connectivity index (χ1) is 15.1. The first-order valence-corrected chi connectivity index (χ1v) is 9.66. The third-order valence-corrected chi connectivity index (χ3v) is 5.09. The van der Waals surface area contributed by atoms with E-state index < -0.39 is 78.0 Å². The first kappa shape index (κ1) is 24.0. The minimum absolute atomic E-state index is 0.359. The number of aliphatic hydroxyl groups is 4. The van der Waals surface area contributed by atoms with Crippen LogP contribution in [0.15, 0.2) is 36.4 Å². The smallest absolute Gasteiger partial charge is 0.254 e. The molecule has 5 N–H and O–H groups in total. The summed E-state index contributed by atoms with van der Waals surface area (Å²) in [5.74, 6) is -7.41. The van der Waals surface area contributed by atoms with E-state index in [4.69, 9.17) is 9.47 Å². The van der Waals surface area contributed by atoms with Gasteiger partial charge in [0.2, 0.25) is 12.1 Å². The highest BCUT2D eigenvalue weighted by Crippen LogP contribution is 2.31. The molecule has 2 aromatic carbocycles. The summed E-state index contributed by atoms with van der Waals surface area (Å²) in [7, 11) is 0. The normalized spacial score (nSPS) is 26.4. The van der Waals surface area contributed by atoms with E-state index in [1.165, 1.54) is 0 Å². The molecule has 1 fully saturated rings. The lowest BCUT2D eigenvalue weighted by atomic mass is 9.99.